The molecule has 3 aromatic rings. The summed E-state index contributed by atoms with van der Waals surface area (Å²) in [6.07, 6.45) is 1.35. The van der Waals surface area contributed by atoms with Crippen LogP contribution in [0.3, 0.4) is 0 Å². The number of nitrogens with one attached hydrogen (secondary N) is 1. The Morgan fingerprint density at radius 1 is 0.941 bits per heavy atom. The second-order valence-corrected chi connectivity index (χ2v) is 8.72. The number of rotatable bonds is 5. The number of halogens is 3. The number of ether oxygens (including phenoxy) is 1. The zero-order valence-corrected chi connectivity index (χ0v) is 20.0. The van der Waals surface area contributed by atoms with Gasteiger partial charge in [-0.2, -0.15) is 0 Å². The van der Waals surface area contributed by atoms with E-state index in [0.717, 1.165) is 10.5 Å². The van der Waals surface area contributed by atoms with Gasteiger partial charge in [-0.25, -0.2) is 9.69 Å². The van der Waals surface area contributed by atoms with Crippen LogP contribution in [0.1, 0.15) is 16.7 Å². The number of anilines is 1. The Kier molecular flexibility index (Phi) is 6.93. The van der Waals surface area contributed by atoms with Crippen molar-refractivity contribution in [2.45, 2.75) is 13.5 Å². The fourth-order valence-electron chi connectivity index (χ4n) is 3.38. The fraction of sp³-hybridized carbons (Fsp3) is 0.0800. The topological polar surface area (TPSA) is 75.7 Å². The summed E-state index contributed by atoms with van der Waals surface area (Å²) in [6, 6.07) is 16.0. The Morgan fingerprint density at radius 3 is 2.38 bits per heavy atom. The Morgan fingerprint density at radius 2 is 1.65 bits per heavy atom. The Bertz CT molecular complexity index is 1340. The summed E-state index contributed by atoms with van der Waals surface area (Å²) >= 11 is 18.3. The van der Waals surface area contributed by atoms with Crippen molar-refractivity contribution in [2.24, 2.45) is 0 Å². The molecule has 4 rings (SSSR count). The van der Waals surface area contributed by atoms with Crippen molar-refractivity contribution < 1.29 is 19.1 Å². The van der Waals surface area contributed by atoms with Crippen molar-refractivity contribution in [2.75, 3.05) is 4.90 Å². The van der Waals surface area contributed by atoms with Crippen LogP contribution in [-0.4, -0.2) is 17.8 Å². The van der Waals surface area contributed by atoms with E-state index in [9.17, 15) is 14.4 Å². The molecule has 0 atom stereocenters. The van der Waals surface area contributed by atoms with Crippen LogP contribution in [0.5, 0.6) is 5.75 Å². The van der Waals surface area contributed by atoms with Gasteiger partial charge in [-0.1, -0.05) is 53.0 Å². The monoisotopic (exact) mass is 514 g/mol. The average Bonchev–Trinajstić information content (AvgIpc) is 2.80. The van der Waals surface area contributed by atoms with Crippen LogP contribution < -0.4 is 15.0 Å². The zero-order chi connectivity index (χ0) is 24.4. The van der Waals surface area contributed by atoms with Crippen molar-refractivity contribution in [3.8, 4) is 5.75 Å². The number of carbonyl (C=O) groups is 3. The summed E-state index contributed by atoms with van der Waals surface area (Å²) in [5, 5.41) is 3.57. The second-order valence-electron chi connectivity index (χ2n) is 7.44. The highest BCUT2D eigenvalue weighted by atomic mass is 35.5. The fourth-order valence-corrected chi connectivity index (χ4v) is 3.85. The largest absolute Gasteiger partial charge is 0.488 e. The molecule has 1 aliphatic heterocycles. The van der Waals surface area contributed by atoms with E-state index in [1.165, 1.54) is 6.08 Å². The molecule has 1 fully saturated rings. The van der Waals surface area contributed by atoms with E-state index in [1.807, 2.05) is 12.1 Å². The summed E-state index contributed by atoms with van der Waals surface area (Å²) in [7, 11) is 0. The van der Waals surface area contributed by atoms with Crippen LogP contribution in [0, 0.1) is 6.92 Å². The van der Waals surface area contributed by atoms with Crippen LogP contribution in [0.4, 0.5) is 10.5 Å². The smallest absolute Gasteiger partial charge is 0.335 e. The molecule has 0 bridgehead atoms. The normalized spacial score (nSPS) is 15.0. The van der Waals surface area contributed by atoms with Gasteiger partial charge < -0.3 is 4.74 Å². The third-order valence-electron chi connectivity index (χ3n) is 5.16. The molecule has 1 aliphatic rings. The molecule has 0 aliphatic carbocycles. The summed E-state index contributed by atoms with van der Waals surface area (Å²) in [5.41, 5.74) is 1.82. The first-order chi connectivity index (χ1) is 16.2. The Hall–Kier alpha value is -3.32. The summed E-state index contributed by atoms with van der Waals surface area (Å²) in [4.78, 5) is 39.3. The maximum absolute atomic E-state index is 13.3. The van der Waals surface area contributed by atoms with Gasteiger partial charge in [0.15, 0.2) is 0 Å². The molecule has 4 amide bonds. The van der Waals surface area contributed by atoms with Crippen molar-refractivity contribution in [3.63, 3.8) is 0 Å². The summed E-state index contributed by atoms with van der Waals surface area (Å²) in [5.74, 6) is -1.22. The van der Waals surface area contributed by atoms with Crippen LogP contribution in [0.25, 0.3) is 6.08 Å². The number of nitrogens with zero attached hydrogens (tertiary/aromatic N) is 1. The predicted octanol–water partition coefficient (Wildman–Crippen LogP) is 6.20. The second kappa shape index (κ2) is 9.89. The van der Waals surface area contributed by atoms with Crippen molar-refractivity contribution in [1.82, 2.24) is 5.32 Å². The number of benzene rings is 3. The van der Waals surface area contributed by atoms with Crippen LogP contribution in [-0.2, 0) is 16.2 Å². The maximum Gasteiger partial charge on any atom is 0.335 e. The number of hydrogen-bond donors (Lipinski definition) is 1. The molecule has 0 aromatic heterocycles. The lowest BCUT2D eigenvalue weighted by atomic mass is 10.0. The average molecular weight is 516 g/mol. The molecule has 0 spiro atoms. The lowest BCUT2D eigenvalue weighted by molar-refractivity contribution is -0.122. The molecular formula is C25H17Cl3N2O4. The quantitative estimate of drug-likeness (QED) is 0.324. The highest BCUT2D eigenvalue weighted by Gasteiger charge is 2.37. The summed E-state index contributed by atoms with van der Waals surface area (Å²) < 4.78 is 5.91. The minimum atomic E-state index is -0.858. The highest BCUT2D eigenvalue weighted by Crippen LogP contribution is 2.31. The Labute approximate surface area is 210 Å². The van der Waals surface area contributed by atoms with E-state index in [4.69, 9.17) is 39.5 Å². The molecular weight excluding hydrogens is 499 g/mol. The van der Waals surface area contributed by atoms with E-state index in [2.05, 4.69) is 5.32 Å². The number of barbiturate groups is 1. The predicted molar refractivity (Wildman–Crippen MR) is 132 cm³/mol. The number of urea groups is 1. The zero-order valence-electron chi connectivity index (χ0n) is 17.8. The first-order valence-electron chi connectivity index (χ1n) is 10.1. The Balaban J connectivity index is 1.69. The number of amides is 4. The van der Waals surface area contributed by atoms with E-state index in [-0.39, 0.29) is 17.9 Å². The van der Waals surface area contributed by atoms with E-state index >= 15 is 0 Å². The van der Waals surface area contributed by atoms with Gasteiger partial charge in [0.25, 0.3) is 11.8 Å². The first-order valence-corrected chi connectivity index (χ1v) is 11.2. The maximum atomic E-state index is 13.3. The molecule has 1 N–H and O–H groups in total. The molecule has 0 saturated carbocycles. The van der Waals surface area contributed by atoms with Gasteiger partial charge in [-0.3, -0.25) is 14.9 Å². The third kappa shape index (κ3) is 4.94. The molecule has 0 radical (unpaired) electrons. The highest BCUT2D eigenvalue weighted by molar-refractivity contribution is 6.40. The van der Waals surface area contributed by atoms with E-state index in [0.29, 0.717) is 31.9 Å². The summed E-state index contributed by atoms with van der Waals surface area (Å²) in [6.45, 7) is 1.90. The molecule has 1 saturated heterocycles. The van der Waals surface area contributed by atoms with Gasteiger partial charge in [-0.05, 0) is 66.6 Å². The molecule has 0 unspecified atom stereocenters. The van der Waals surface area contributed by atoms with Gasteiger partial charge in [-0.15, -0.1) is 0 Å². The molecule has 34 heavy (non-hydrogen) atoms. The van der Waals surface area contributed by atoms with Crippen LogP contribution in [0.15, 0.2) is 66.2 Å². The molecule has 3 aromatic carbocycles. The number of imide groups is 2. The van der Waals surface area contributed by atoms with Crippen LogP contribution in [0.2, 0.25) is 15.1 Å². The molecule has 6 nitrogen and oxygen atoms in total. The minimum Gasteiger partial charge on any atom is -0.488 e. The SMILES string of the molecule is Cc1c(Cl)cccc1N1C(=O)NC(=O)/C(=C\c2cc(Cl)ccc2OCc2ccc(Cl)cc2)C1=O. The van der Waals surface area contributed by atoms with E-state index < -0.39 is 17.8 Å². The van der Waals surface area contributed by atoms with Crippen molar-refractivity contribution in [1.29, 1.82) is 0 Å². The third-order valence-corrected chi connectivity index (χ3v) is 6.06. The lowest BCUT2D eigenvalue weighted by Gasteiger charge is -2.27. The van der Waals surface area contributed by atoms with Crippen molar-refractivity contribution in [3.05, 3.63) is 98.0 Å². The van der Waals surface area contributed by atoms with Crippen molar-refractivity contribution >= 4 is 64.4 Å². The van der Waals surface area contributed by atoms with Gasteiger partial charge in [0.1, 0.15) is 17.9 Å². The minimum absolute atomic E-state index is 0.224. The molecule has 9 heteroatoms. The molecule has 1 heterocycles. The number of carbonyl (C=O) groups excluding carboxylic acids is 3. The van der Waals surface area contributed by atoms with Crippen LogP contribution >= 0.6 is 34.8 Å². The number of hydrogen-bond acceptors (Lipinski definition) is 4. The van der Waals surface area contributed by atoms with E-state index in [1.54, 1.807) is 55.5 Å². The lowest BCUT2D eigenvalue weighted by Crippen LogP contribution is -2.54. The van der Waals surface area contributed by atoms with Gasteiger partial charge >= 0.3 is 6.03 Å². The van der Waals surface area contributed by atoms with Gasteiger partial charge in [0.05, 0.1) is 5.69 Å². The first kappa shape index (κ1) is 23.8. The van der Waals surface area contributed by atoms with Gasteiger partial charge in [0.2, 0.25) is 0 Å². The van der Waals surface area contributed by atoms with Gasteiger partial charge in [0, 0.05) is 20.6 Å². The molecule has 172 valence electrons. The standard InChI is InChI=1S/C25H17Cl3N2O4/c1-14-20(28)3-2-4-21(14)30-24(32)19(23(31)29-25(30)33)12-16-11-18(27)9-10-22(16)34-13-15-5-7-17(26)8-6-15/h2-12H,13H2,1H3,(H,29,31,33)/b19-12+.